The van der Waals surface area contributed by atoms with Crippen molar-refractivity contribution in [3.8, 4) is 5.69 Å². The highest BCUT2D eigenvalue weighted by Crippen LogP contribution is 2.18. The Hall–Kier alpha value is -3.29. The number of nitrogen functional groups attached to an aromatic ring is 1. The Morgan fingerprint density at radius 3 is 2.88 bits per heavy atom. The van der Waals surface area contributed by atoms with Crippen molar-refractivity contribution in [2.45, 2.75) is 19.4 Å². The van der Waals surface area contributed by atoms with Crippen LogP contribution in [0.4, 0.5) is 5.82 Å². The molecule has 0 saturated carbocycles. The summed E-state index contributed by atoms with van der Waals surface area (Å²) in [5, 5.41) is 16.6. The van der Waals surface area contributed by atoms with Gasteiger partial charge in [-0.1, -0.05) is 18.2 Å². The summed E-state index contributed by atoms with van der Waals surface area (Å²) in [6, 6.07) is 11.4. The van der Waals surface area contributed by atoms with Crippen molar-refractivity contribution in [3.63, 3.8) is 0 Å². The van der Waals surface area contributed by atoms with Gasteiger partial charge >= 0.3 is 0 Å². The highest BCUT2D eigenvalue weighted by molar-refractivity contribution is 5.78. The van der Waals surface area contributed by atoms with E-state index in [-0.39, 0.29) is 12.3 Å². The predicted octanol–water partition coefficient (Wildman–Crippen LogP) is 0.767. The number of nitrogens with two attached hydrogens (primary N) is 1. The third-order valence-corrected chi connectivity index (χ3v) is 4.17. The van der Waals surface area contributed by atoms with Crippen LogP contribution in [0.25, 0.3) is 5.69 Å². The van der Waals surface area contributed by atoms with Gasteiger partial charge in [0.25, 0.3) is 0 Å². The Labute approximate surface area is 144 Å². The van der Waals surface area contributed by atoms with Crippen LogP contribution < -0.4 is 5.73 Å². The summed E-state index contributed by atoms with van der Waals surface area (Å²) in [6.45, 7) is 1.12. The average molecular weight is 335 g/mol. The van der Waals surface area contributed by atoms with Crippen molar-refractivity contribution in [1.29, 1.82) is 0 Å². The molecular formula is C17H17N7O. The molecule has 1 aliphatic rings. The standard InChI is InChI=1S/C17H17N7O/c18-16-8-12-11-23(7-6-15(12)20-21-16)17(25)9-13-10-19-24(22-13)14-4-2-1-3-5-14/h1-5,8,10H,6-7,9,11H2,(H2,18,21). The second kappa shape index (κ2) is 6.31. The van der Waals surface area contributed by atoms with Gasteiger partial charge in [0.2, 0.25) is 5.91 Å². The number of hydrogen-bond acceptors (Lipinski definition) is 6. The lowest BCUT2D eigenvalue weighted by molar-refractivity contribution is -0.131. The number of para-hydroxylation sites is 1. The molecule has 3 aromatic rings. The summed E-state index contributed by atoms with van der Waals surface area (Å²) in [5.41, 5.74) is 9.06. The number of rotatable bonds is 3. The number of carbonyl (C=O) groups is 1. The average Bonchev–Trinajstić information content (AvgIpc) is 3.10. The molecule has 0 aliphatic carbocycles. The molecule has 0 radical (unpaired) electrons. The van der Waals surface area contributed by atoms with E-state index in [0.29, 0.717) is 31.0 Å². The van der Waals surface area contributed by atoms with Gasteiger partial charge in [0.15, 0.2) is 0 Å². The van der Waals surface area contributed by atoms with Crippen molar-refractivity contribution in [1.82, 2.24) is 30.1 Å². The number of aromatic nitrogens is 5. The number of hydrogen-bond donors (Lipinski definition) is 1. The van der Waals surface area contributed by atoms with Crippen molar-refractivity contribution in [3.05, 3.63) is 59.5 Å². The van der Waals surface area contributed by atoms with E-state index in [9.17, 15) is 4.79 Å². The van der Waals surface area contributed by atoms with Crippen LogP contribution in [0.3, 0.4) is 0 Å². The number of carbonyl (C=O) groups excluding carboxylic acids is 1. The second-order valence-electron chi connectivity index (χ2n) is 5.94. The van der Waals surface area contributed by atoms with E-state index in [1.54, 1.807) is 17.2 Å². The topological polar surface area (TPSA) is 103 Å². The lowest BCUT2D eigenvalue weighted by Crippen LogP contribution is -2.37. The summed E-state index contributed by atoms with van der Waals surface area (Å²) < 4.78 is 0. The fourth-order valence-electron chi connectivity index (χ4n) is 2.89. The fourth-order valence-corrected chi connectivity index (χ4v) is 2.89. The van der Waals surface area contributed by atoms with E-state index < -0.39 is 0 Å². The Kier molecular flexibility index (Phi) is 3.85. The minimum Gasteiger partial charge on any atom is -0.382 e. The zero-order valence-corrected chi connectivity index (χ0v) is 13.5. The summed E-state index contributed by atoms with van der Waals surface area (Å²) in [6.07, 6.45) is 2.54. The van der Waals surface area contributed by atoms with E-state index >= 15 is 0 Å². The molecule has 0 spiro atoms. The molecule has 0 bridgehead atoms. The second-order valence-corrected chi connectivity index (χ2v) is 5.94. The monoisotopic (exact) mass is 335 g/mol. The fraction of sp³-hybridized carbons (Fsp3) is 0.235. The first kappa shape index (κ1) is 15.3. The Morgan fingerprint density at radius 2 is 2.04 bits per heavy atom. The molecule has 1 aliphatic heterocycles. The predicted molar refractivity (Wildman–Crippen MR) is 90.6 cm³/mol. The zero-order chi connectivity index (χ0) is 17.2. The van der Waals surface area contributed by atoms with Gasteiger partial charge in [-0.2, -0.15) is 20.1 Å². The number of benzene rings is 1. The van der Waals surface area contributed by atoms with Crippen LogP contribution in [0.1, 0.15) is 17.0 Å². The van der Waals surface area contributed by atoms with Crippen molar-refractivity contribution in [2.75, 3.05) is 12.3 Å². The molecule has 25 heavy (non-hydrogen) atoms. The van der Waals surface area contributed by atoms with Crippen molar-refractivity contribution >= 4 is 11.7 Å². The minimum atomic E-state index is 0.0149. The minimum absolute atomic E-state index is 0.0149. The third-order valence-electron chi connectivity index (χ3n) is 4.17. The van der Waals surface area contributed by atoms with E-state index in [1.807, 2.05) is 30.3 Å². The quantitative estimate of drug-likeness (QED) is 0.758. The van der Waals surface area contributed by atoms with E-state index in [2.05, 4.69) is 20.4 Å². The first-order chi connectivity index (χ1) is 12.2. The molecule has 126 valence electrons. The Morgan fingerprint density at radius 1 is 1.20 bits per heavy atom. The van der Waals surface area contributed by atoms with Crippen LogP contribution in [0.5, 0.6) is 0 Å². The smallest absolute Gasteiger partial charge is 0.229 e. The van der Waals surface area contributed by atoms with Gasteiger partial charge in [-0.15, -0.1) is 5.10 Å². The lowest BCUT2D eigenvalue weighted by Gasteiger charge is -2.27. The van der Waals surface area contributed by atoms with Gasteiger partial charge in [-0.3, -0.25) is 4.79 Å². The molecule has 2 aromatic heterocycles. The highest BCUT2D eigenvalue weighted by Gasteiger charge is 2.23. The molecule has 2 N–H and O–H groups in total. The van der Waals surface area contributed by atoms with Gasteiger partial charge in [-0.05, 0) is 23.8 Å². The molecular weight excluding hydrogens is 318 g/mol. The van der Waals surface area contributed by atoms with Crippen LogP contribution >= 0.6 is 0 Å². The summed E-state index contributed by atoms with van der Waals surface area (Å²) in [5.74, 6) is 0.389. The Balaban J connectivity index is 1.45. The molecule has 0 fully saturated rings. The highest BCUT2D eigenvalue weighted by atomic mass is 16.2. The van der Waals surface area contributed by atoms with Gasteiger partial charge in [0, 0.05) is 19.5 Å². The van der Waals surface area contributed by atoms with Crippen LogP contribution in [-0.4, -0.2) is 42.5 Å². The van der Waals surface area contributed by atoms with E-state index in [1.165, 1.54) is 4.80 Å². The number of nitrogens with zero attached hydrogens (tertiary/aromatic N) is 6. The molecule has 0 saturated heterocycles. The molecule has 0 unspecified atom stereocenters. The van der Waals surface area contributed by atoms with Crippen LogP contribution in [0.2, 0.25) is 0 Å². The van der Waals surface area contributed by atoms with Gasteiger partial charge in [0.1, 0.15) is 5.82 Å². The van der Waals surface area contributed by atoms with Crippen molar-refractivity contribution < 1.29 is 4.79 Å². The van der Waals surface area contributed by atoms with Gasteiger partial charge < -0.3 is 10.6 Å². The van der Waals surface area contributed by atoms with Crippen LogP contribution in [0, 0.1) is 0 Å². The molecule has 8 nitrogen and oxygen atoms in total. The number of anilines is 1. The zero-order valence-electron chi connectivity index (χ0n) is 13.5. The molecule has 8 heteroatoms. The van der Waals surface area contributed by atoms with Crippen LogP contribution in [0.15, 0.2) is 42.6 Å². The van der Waals surface area contributed by atoms with Gasteiger partial charge in [-0.25, -0.2) is 0 Å². The normalized spacial score (nSPS) is 13.5. The van der Waals surface area contributed by atoms with E-state index in [0.717, 1.165) is 16.9 Å². The molecule has 3 heterocycles. The number of fused-ring (bicyclic) bond motifs is 1. The summed E-state index contributed by atoms with van der Waals surface area (Å²) in [4.78, 5) is 15.9. The first-order valence-corrected chi connectivity index (χ1v) is 8.04. The summed E-state index contributed by atoms with van der Waals surface area (Å²) >= 11 is 0. The summed E-state index contributed by atoms with van der Waals surface area (Å²) in [7, 11) is 0. The SMILES string of the molecule is Nc1cc2c(nn1)CCN(C(=O)Cc1cnn(-c3ccccc3)n1)C2. The van der Waals surface area contributed by atoms with Crippen LogP contribution in [-0.2, 0) is 24.2 Å². The first-order valence-electron chi connectivity index (χ1n) is 8.04. The third kappa shape index (κ3) is 3.18. The van der Waals surface area contributed by atoms with Crippen molar-refractivity contribution in [2.24, 2.45) is 0 Å². The maximum Gasteiger partial charge on any atom is 0.229 e. The van der Waals surface area contributed by atoms with E-state index in [4.69, 9.17) is 5.73 Å². The maximum atomic E-state index is 12.6. The molecule has 0 atom stereocenters. The van der Waals surface area contributed by atoms with Gasteiger partial charge in [0.05, 0.1) is 29.7 Å². The number of amides is 1. The molecule has 1 aromatic carbocycles. The maximum absolute atomic E-state index is 12.6. The molecule has 1 amide bonds. The Bertz CT molecular complexity index is 906. The lowest BCUT2D eigenvalue weighted by atomic mass is 10.1. The molecule has 4 rings (SSSR count). The largest absolute Gasteiger partial charge is 0.382 e.